The Kier molecular flexibility index (Phi) is 7.17. The maximum absolute atomic E-state index is 12.4. The summed E-state index contributed by atoms with van der Waals surface area (Å²) in [5.74, 6) is 0.525. The van der Waals surface area contributed by atoms with E-state index in [0.717, 1.165) is 0 Å². The average Bonchev–Trinajstić information content (AvgIpc) is 3.27. The highest BCUT2D eigenvalue weighted by atomic mass is 16.6. The Morgan fingerprint density at radius 3 is 2.73 bits per heavy atom. The van der Waals surface area contributed by atoms with Crippen molar-refractivity contribution in [2.75, 3.05) is 49.5 Å². The molecule has 0 aliphatic carbocycles. The molecule has 0 saturated carbocycles. The Balaban J connectivity index is 1.64. The van der Waals surface area contributed by atoms with E-state index in [0.29, 0.717) is 45.8 Å². The van der Waals surface area contributed by atoms with Crippen LogP contribution < -0.4 is 10.2 Å². The van der Waals surface area contributed by atoms with Crippen LogP contribution >= 0.6 is 0 Å². The summed E-state index contributed by atoms with van der Waals surface area (Å²) in [5.41, 5.74) is -0.159. The van der Waals surface area contributed by atoms with E-state index in [2.05, 4.69) is 15.3 Å². The van der Waals surface area contributed by atoms with Gasteiger partial charge in [0, 0.05) is 39.3 Å². The molecule has 30 heavy (non-hydrogen) atoms. The van der Waals surface area contributed by atoms with Gasteiger partial charge in [0.1, 0.15) is 6.33 Å². The summed E-state index contributed by atoms with van der Waals surface area (Å²) in [6.07, 6.45) is 3.61. The predicted molar refractivity (Wildman–Crippen MR) is 110 cm³/mol. The SMILES string of the molecule is CC(C)OCCCNc1ncnc(N2CCN(C(=O)c3ccco3)CC2)c1[N+](=O)[O-]. The number of piperazine rings is 1. The first-order valence-electron chi connectivity index (χ1n) is 9.90. The highest BCUT2D eigenvalue weighted by Crippen LogP contribution is 2.32. The van der Waals surface area contributed by atoms with Gasteiger partial charge in [-0.3, -0.25) is 14.9 Å². The first-order chi connectivity index (χ1) is 14.5. The van der Waals surface area contributed by atoms with Gasteiger partial charge in [-0.15, -0.1) is 0 Å². The second-order valence-corrected chi connectivity index (χ2v) is 7.11. The van der Waals surface area contributed by atoms with Crippen molar-refractivity contribution in [1.82, 2.24) is 14.9 Å². The predicted octanol–water partition coefficient (Wildman–Crippen LogP) is 2.17. The van der Waals surface area contributed by atoms with Crippen molar-refractivity contribution in [3.8, 4) is 0 Å². The second kappa shape index (κ2) is 10.0. The van der Waals surface area contributed by atoms with Crippen LogP contribution in [0.2, 0.25) is 0 Å². The number of furan rings is 1. The van der Waals surface area contributed by atoms with Crippen LogP contribution in [-0.2, 0) is 4.74 Å². The van der Waals surface area contributed by atoms with Crippen molar-refractivity contribution in [2.45, 2.75) is 26.4 Å². The molecule has 2 aromatic heterocycles. The Morgan fingerprint density at radius 1 is 1.33 bits per heavy atom. The summed E-state index contributed by atoms with van der Waals surface area (Å²) >= 11 is 0. The van der Waals surface area contributed by atoms with E-state index >= 15 is 0 Å². The number of aromatic nitrogens is 2. The maximum atomic E-state index is 12.4. The third-order valence-corrected chi connectivity index (χ3v) is 4.65. The number of nitrogens with zero attached hydrogens (tertiary/aromatic N) is 5. The second-order valence-electron chi connectivity index (χ2n) is 7.11. The van der Waals surface area contributed by atoms with Gasteiger partial charge in [0.15, 0.2) is 5.76 Å². The number of rotatable bonds is 9. The number of carbonyl (C=O) groups is 1. The van der Waals surface area contributed by atoms with Crippen molar-refractivity contribution in [2.24, 2.45) is 0 Å². The lowest BCUT2D eigenvalue weighted by Crippen LogP contribution is -2.49. The zero-order valence-electron chi connectivity index (χ0n) is 17.1. The molecule has 1 aliphatic heterocycles. The molecule has 11 heteroatoms. The first-order valence-corrected chi connectivity index (χ1v) is 9.90. The molecule has 0 spiro atoms. The van der Waals surface area contributed by atoms with Gasteiger partial charge < -0.3 is 24.3 Å². The third kappa shape index (κ3) is 5.23. The molecule has 0 atom stereocenters. The lowest BCUT2D eigenvalue weighted by molar-refractivity contribution is -0.383. The smallest absolute Gasteiger partial charge is 0.353 e. The minimum atomic E-state index is -0.470. The Labute approximate surface area is 174 Å². The number of nitro groups is 1. The van der Waals surface area contributed by atoms with Crippen molar-refractivity contribution in [3.63, 3.8) is 0 Å². The molecule has 0 radical (unpaired) electrons. The van der Waals surface area contributed by atoms with E-state index in [4.69, 9.17) is 9.15 Å². The van der Waals surface area contributed by atoms with Gasteiger partial charge in [-0.1, -0.05) is 0 Å². The van der Waals surface area contributed by atoms with Gasteiger partial charge in [0.05, 0.1) is 17.3 Å². The fraction of sp³-hybridized carbons (Fsp3) is 0.526. The zero-order valence-corrected chi connectivity index (χ0v) is 17.1. The largest absolute Gasteiger partial charge is 0.459 e. The normalized spacial score (nSPS) is 14.2. The third-order valence-electron chi connectivity index (χ3n) is 4.65. The van der Waals surface area contributed by atoms with Crippen LogP contribution in [0.5, 0.6) is 0 Å². The maximum Gasteiger partial charge on any atom is 0.353 e. The molecular weight excluding hydrogens is 392 g/mol. The van der Waals surface area contributed by atoms with Gasteiger partial charge in [-0.05, 0) is 32.4 Å². The number of carbonyl (C=O) groups excluding carboxylic acids is 1. The Hall–Kier alpha value is -3.21. The number of hydrogen-bond acceptors (Lipinski definition) is 9. The summed E-state index contributed by atoms with van der Waals surface area (Å²) < 4.78 is 10.6. The van der Waals surface area contributed by atoms with Crippen LogP contribution in [0, 0.1) is 10.1 Å². The van der Waals surface area contributed by atoms with Gasteiger partial charge >= 0.3 is 5.69 Å². The molecule has 0 bridgehead atoms. The molecular formula is C19H26N6O5. The van der Waals surface area contributed by atoms with Crippen molar-refractivity contribution >= 4 is 23.2 Å². The molecule has 1 aliphatic rings. The number of nitrogens with one attached hydrogen (secondary N) is 1. The average molecular weight is 418 g/mol. The molecule has 1 amide bonds. The van der Waals surface area contributed by atoms with Crippen LogP contribution in [0.3, 0.4) is 0 Å². The summed E-state index contributed by atoms with van der Waals surface area (Å²) in [5, 5.41) is 14.8. The summed E-state index contributed by atoms with van der Waals surface area (Å²) in [7, 11) is 0. The fourth-order valence-corrected chi connectivity index (χ4v) is 3.17. The van der Waals surface area contributed by atoms with E-state index in [1.807, 2.05) is 13.8 Å². The zero-order chi connectivity index (χ0) is 21.5. The molecule has 162 valence electrons. The number of ether oxygens (including phenoxy) is 1. The monoisotopic (exact) mass is 418 g/mol. The number of amides is 1. The quantitative estimate of drug-likeness (QED) is 0.370. The molecule has 0 aromatic carbocycles. The van der Waals surface area contributed by atoms with Crippen molar-refractivity contribution in [1.29, 1.82) is 0 Å². The van der Waals surface area contributed by atoms with E-state index < -0.39 is 4.92 Å². The van der Waals surface area contributed by atoms with Gasteiger partial charge in [-0.25, -0.2) is 9.97 Å². The molecule has 11 nitrogen and oxygen atoms in total. The molecule has 3 rings (SSSR count). The van der Waals surface area contributed by atoms with E-state index in [1.54, 1.807) is 21.9 Å². The minimum Gasteiger partial charge on any atom is -0.459 e. The lowest BCUT2D eigenvalue weighted by Gasteiger charge is -2.34. The van der Waals surface area contributed by atoms with Crippen LogP contribution in [0.25, 0.3) is 0 Å². The number of anilines is 2. The fourth-order valence-electron chi connectivity index (χ4n) is 3.17. The molecule has 3 heterocycles. The topological polar surface area (TPSA) is 127 Å². The first kappa shape index (κ1) is 21.5. The van der Waals surface area contributed by atoms with Crippen LogP contribution in [0.1, 0.15) is 30.8 Å². The van der Waals surface area contributed by atoms with E-state index in [-0.39, 0.29) is 35.1 Å². The minimum absolute atomic E-state index is 0.142. The van der Waals surface area contributed by atoms with E-state index in [9.17, 15) is 14.9 Å². The Bertz CT molecular complexity index is 849. The molecule has 0 unspecified atom stereocenters. The van der Waals surface area contributed by atoms with Crippen LogP contribution in [-0.4, -0.2) is 71.1 Å². The summed E-state index contributed by atoms with van der Waals surface area (Å²) in [6, 6.07) is 3.28. The van der Waals surface area contributed by atoms with Gasteiger partial charge in [0.2, 0.25) is 11.6 Å². The van der Waals surface area contributed by atoms with Crippen LogP contribution in [0.15, 0.2) is 29.1 Å². The van der Waals surface area contributed by atoms with Crippen molar-refractivity contribution < 1.29 is 18.9 Å². The van der Waals surface area contributed by atoms with Gasteiger partial charge in [0.25, 0.3) is 5.91 Å². The standard InChI is InChI=1S/C19H26N6O5/c1-14(2)29-12-4-6-20-17-16(25(27)28)18(22-13-21-17)23-7-9-24(10-8-23)19(26)15-5-3-11-30-15/h3,5,11,13-14H,4,6-10,12H2,1-2H3,(H,20,21,22). The molecule has 1 N–H and O–H groups in total. The number of hydrogen-bond donors (Lipinski definition) is 1. The molecule has 1 fully saturated rings. The highest BCUT2D eigenvalue weighted by Gasteiger charge is 2.30. The van der Waals surface area contributed by atoms with Crippen molar-refractivity contribution in [3.05, 3.63) is 40.6 Å². The Morgan fingerprint density at radius 2 is 2.10 bits per heavy atom. The van der Waals surface area contributed by atoms with E-state index in [1.165, 1.54) is 12.6 Å². The highest BCUT2D eigenvalue weighted by molar-refractivity contribution is 5.91. The van der Waals surface area contributed by atoms with Crippen LogP contribution in [0.4, 0.5) is 17.3 Å². The van der Waals surface area contributed by atoms with Gasteiger partial charge in [-0.2, -0.15) is 0 Å². The summed E-state index contributed by atoms with van der Waals surface area (Å²) in [4.78, 5) is 35.4. The summed E-state index contributed by atoms with van der Waals surface area (Å²) in [6.45, 7) is 6.63. The molecule has 1 saturated heterocycles. The molecule has 2 aromatic rings. The lowest BCUT2D eigenvalue weighted by atomic mass is 10.2.